The molecular formula is C19H20N2O2S. The van der Waals surface area contributed by atoms with Crippen molar-refractivity contribution in [2.24, 2.45) is 0 Å². The number of nitrogens with zero attached hydrogens (tertiary/aromatic N) is 2. The van der Waals surface area contributed by atoms with Gasteiger partial charge in [0, 0.05) is 5.75 Å². The summed E-state index contributed by atoms with van der Waals surface area (Å²) in [6.07, 6.45) is 0. The van der Waals surface area contributed by atoms with E-state index in [1.165, 1.54) is 11.8 Å². The molecule has 0 aliphatic carbocycles. The topological polar surface area (TPSA) is 55.1 Å². The Labute approximate surface area is 145 Å². The van der Waals surface area contributed by atoms with Gasteiger partial charge in [0.15, 0.2) is 5.16 Å². The lowest BCUT2D eigenvalue weighted by Crippen LogP contribution is -2.23. The third kappa shape index (κ3) is 3.09. The molecule has 1 heterocycles. The smallest absolute Gasteiger partial charge is 0.266 e. The van der Waals surface area contributed by atoms with E-state index >= 15 is 0 Å². The number of para-hydroxylation sites is 2. The van der Waals surface area contributed by atoms with Gasteiger partial charge in [-0.15, -0.1) is 0 Å². The molecule has 0 saturated carbocycles. The highest BCUT2D eigenvalue weighted by molar-refractivity contribution is 7.99. The van der Waals surface area contributed by atoms with Crippen LogP contribution in [0, 0.1) is 0 Å². The first kappa shape index (κ1) is 16.7. The summed E-state index contributed by atoms with van der Waals surface area (Å²) in [7, 11) is 0. The molecule has 1 N–H and O–H groups in total. The number of rotatable bonds is 5. The van der Waals surface area contributed by atoms with Crippen molar-refractivity contribution in [1.82, 2.24) is 9.55 Å². The van der Waals surface area contributed by atoms with Crippen LogP contribution in [0.25, 0.3) is 16.6 Å². The lowest BCUT2D eigenvalue weighted by molar-refractivity contribution is 0.322. The average Bonchev–Trinajstić information content (AvgIpc) is 2.60. The SMILES string of the molecule is CC(C)c1ccccc1-n1c(SCCO)nc2ccccc2c1=O. The Morgan fingerprint density at radius 2 is 1.83 bits per heavy atom. The molecule has 2 aromatic carbocycles. The zero-order valence-electron chi connectivity index (χ0n) is 13.8. The third-order valence-electron chi connectivity index (χ3n) is 3.87. The molecule has 0 amide bonds. The van der Waals surface area contributed by atoms with Gasteiger partial charge in [-0.1, -0.05) is 55.9 Å². The van der Waals surface area contributed by atoms with Crippen LogP contribution in [0.1, 0.15) is 25.3 Å². The van der Waals surface area contributed by atoms with E-state index in [-0.39, 0.29) is 18.1 Å². The van der Waals surface area contributed by atoms with Gasteiger partial charge in [0.1, 0.15) is 0 Å². The van der Waals surface area contributed by atoms with Crippen molar-refractivity contribution in [2.75, 3.05) is 12.4 Å². The van der Waals surface area contributed by atoms with Crippen molar-refractivity contribution in [3.05, 3.63) is 64.4 Å². The van der Waals surface area contributed by atoms with Crippen LogP contribution < -0.4 is 5.56 Å². The number of fused-ring (bicyclic) bond motifs is 1. The van der Waals surface area contributed by atoms with E-state index in [2.05, 4.69) is 18.8 Å². The van der Waals surface area contributed by atoms with Crippen LogP contribution in [-0.4, -0.2) is 27.0 Å². The molecule has 0 spiro atoms. The van der Waals surface area contributed by atoms with Gasteiger partial charge in [-0.05, 0) is 29.7 Å². The molecule has 0 atom stereocenters. The highest BCUT2D eigenvalue weighted by Gasteiger charge is 2.16. The first-order chi connectivity index (χ1) is 11.6. The van der Waals surface area contributed by atoms with Crippen molar-refractivity contribution in [2.45, 2.75) is 24.9 Å². The first-order valence-corrected chi connectivity index (χ1v) is 8.96. The highest BCUT2D eigenvalue weighted by Crippen LogP contribution is 2.26. The number of aliphatic hydroxyl groups is 1. The lowest BCUT2D eigenvalue weighted by Gasteiger charge is -2.18. The second-order valence-electron chi connectivity index (χ2n) is 5.84. The number of aromatic nitrogens is 2. The van der Waals surface area contributed by atoms with E-state index in [9.17, 15) is 9.90 Å². The maximum absolute atomic E-state index is 13.1. The van der Waals surface area contributed by atoms with Crippen LogP contribution >= 0.6 is 11.8 Å². The molecule has 24 heavy (non-hydrogen) atoms. The predicted molar refractivity (Wildman–Crippen MR) is 99.2 cm³/mol. The maximum atomic E-state index is 13.1. The number of aliphatic hydroxyl groups excluding tert-OH is 1. The summed E-state index contributed by atoms with van der Waals surface area (Å²) >= 11 is 1.39. The molecular weight excluding hydrogens is 320 g/mol. The van der Waals surface area contributed by atoms with Crippen LogP contribution in [0.5, 0.6) is 0 Å². The van der Waals surface area contributed by atoms with Gasteiger partial charge < -0.3 is 5.11 Å². The fourth-order valence-corrected chi connectivity index (χ4v) is 3.49. The Hall–Kier alpha value is -2.11. The van der Waals surface area contributed by atoms with Crippen molar-refractivity contribution in [1.29, 1.82) is 0 Å². The van der Waals surface area contributed by atoms with Crippen molar-refractivity contribution in [3.63, 3.8) is 0 Å². The molecule has 4 nitrogen and oxygen atoms in total. The number of thioether (sulfide) groups is 1. The maximum Gasteiger partial charge on any atom is 0.266 e. The minimum Gasteiger partial charge on any atom is -0.396 e. The largest absolute Gasteiger partial charge is 0.396 e. The minimum absolute atomic E-state index is 0.0409. The van der Waals surface area contributed by atoms with E-state index in [1.54, 1.807) is 10.6 Å². The van der Waals surface area contributed by atoms with Gasteiger partial charge in [0.2, 0.25) is 0 Å². The number of hydrogen-bond acceptors (Lipinski definition) is 4. The molecule has 1 aromatic heterocycles. The molecule has 0 unspecified atom stereocenters. The average molecular weight is 340 g/mol. The quantitative estimate of drug-likeness (QED) is 0.570. The van der Waals surface area contributed by atoms with Crippen LogP contribution in [-0.2, 0) is 0 Å². The van der Waals surface area contributed by atoms with E-state index in [1.807, 2.05) is 42.5 Å². The van der Waals surface area contributed by atoms with E-state index in [4.69, 9.17) is 0 Å². The summed E-state index contributed by atoms with van der Waals surface area (Å²) in [6, 6.07) is 15.3. The second-order valence-corrected chi connectivity index (χ2v) is 6.90. The minimum atomic E-state index is -0.0749. The standard InChI is InChI=1S/C19H20N2O2S/c1-13(2)14-7-4-6-10-17(14)21-18(23)15-8-3-5-9-16(15)20-19(21)24-12-11-22/h3-10,13,22H,11-12H2,1-2H3. The molecule has 3 aromatic rings. The fourth-order valence-electron chi connectivity index (χ4n) is 2.74. The molecule has 124 valence electrons. The molecule has 3 rings (SSSR count). The fraction of sp³-hybridized carbons (Fsp3) is 0.263. The summed E-state index contributed by atoms with van der Waals surface area (Å²) in [6.45, 7) is 4.26. The summed E-state index contributed by atoms with van der Waals surface area (Å²) in [4.78, 5) is 17.8. The third-order valence-corrected chi connectivity index (χ3v) is 4.79. The zero-order chi connectivity index (χ0) is 17.1. The van der Waals surface area contributed by atoms with E-state index < -0.39 is 0 Å². The Balaban J connectivity index is 2.33. The van der Waals surface area contributed by atoms with Gasteiger partial charge in [-0.25, -0.2) is 4.98 Å². The molecule has 5 heteroatoms. The van der Waals surface area contributed by atoms with Gasteiger partial charge in [0.25, 0.3) is 5.56 Å². The summed E-state index contributed by atoms with van der Waals surface area (Å²) in [5.74, 6) is 0.782. The molecule has 0 aliphatic heterocycles. The van der Waals surface area contributed by atoms with E-state index in [0.29, 0.717) is 21.8 Å². The van der Waals surface area contributed by atoms with Crippen LogP contribution in [0.2, 0.25) is 0 Å². The molecule has 0 aliphatic rings. The highest BCUT2D eigenvalue weighted by atomic mass is 32.2. The molecule has 0 bridgehead atoms. The first-order valence-electron chi connectivity index (χ1n) is 7.98. The van der Waals surface area contributed by atoms with E-state index in [0.717, 1.165) is 11.3 Å². The Morgan fingerprint density at radius 1 is 1.12 bits per heavy atom. The number of hydrogen-bond donors (Lipinski definition) is 1. The Morgan fingerprint density at radius 3 is 2.58 bits per heavy atom. The molecule has 0 saturated heterocycles. The van der Waals surface area contributed by atoms with Gasteiger partial charge in [-0.3, -0.25) is 9.36 Å². The summed E-state index contributed by atoms with van der Waals surface area (Å²) < 4.78 is 1.68. The van der Waals surface area contributed by atoms with Crippen molar-refractivity contribution >= 4 is 22.7 Å². The normalized spacial score (nSPS) is 11.3. The van der Waals surface area contributed by atoms with Crippen LogP contribution in [0.3, 0.4) is 0 Å². The molecule has 0 radical (unpaired) electrons. The Bertz CT molecular complexity index is 919. The predicted octanol–water partition coefficient (Wildman–Crippen LogP) is 3.59. The number of benzene rings is 2. The van der Waals surface area contributed by atoms with Crippen molar-refractivity contribution in [3.8, 4) is 5.69 Å². The summed E-state index contributed by atoms with van der Waals surface area (Å²) in [5, 5.41) is 10.4. The van der Waals surface area contributed by atoms with Crippen molar-refractivity contribution < 1.29 is 5.11 Å². The van der Waals surface area contributed by atoms with Gasteiger partial charge in [0.05, 0.1) is 23.2 Å². The molecule has 0 fully saturated rings. The second kappa shape index (κ2) is 7.20. The lowest BCUT2D eigenvalue weighted by atomic mass is 10.0. The monoisotopic (exact) mass is 340 g/mol. The van der Waals surface area contributed by atoms with Gasteiger partial charge in [-0.2, -0.15) is 0 Å². The Kier molecular flexibility index (Phi) is 5.02. The van der Waals surface area contributed by atoms with Crippen LogP contribution in [0.4, 0.5) is 0 Å². The zero-order valence-corrected chi connectivity index (χ0v) is 14.6. The van der Waals surface area contributed by atoms with Crippen LogP contribution in [0.15, 0.2) is 58.5 Å². The van der Waals surface area contributed by atoms with Gasteiger partial charge >= 0.3 is 0 Å². The summed E-state index contributed by atoms with van der Waals surface area (Å²) in [5.41, 5.74) is 2.56.